The molecule has 0 bridgehead atoms. The quantitative estimate of drug-likeness (QED) is 0.222. The fourth-order valence-electron chi connectivity index (χ4n) is 3.91. The number of nitrogens with one attached hydrogen (secondary N) is 2. The molecule has 1 aliphatic heterocycles. The van der Waals surface area contributed by atoms with E-state index in [2.05, 4.69) is 21.7 Å². The number of hydrogen-bond donors (Lipinski definition) is 3. The fourth-order valence-corrected chi connectivity index (χ4v) is 5.38. The molecule has 3 N–H and O–H groups in total. The van der Waals surface area contributed by atoms with Crippen LogP contribution in [0.4, 0.5) is 5.69 Å². The Morgan fingerprint density at radius 2 is 1.71 bits per heavy atom. The van der Waals surface area contributed by atoms with Crippen molar-refractivity contribution in [2.45, 2.75) is 89.1 Å². The Kier molecular flexibility index (Phi) is 12.3. The zero-order valence-electron chi connectivity index (χ0n) is 20.0. The maximum atomic E-state index is 13.0. The van der Waals surface area contributed by atoms with E-state index in [0.717, 1.165) is 25.7 Å². The molecule has 0 saturated carbocycles. The number of carbonyl (C=O) groups excluding carboxylic acids is 2. The van der Waals surface area contributed by atoms with Crippen LogP contribution in [-0.4, -0.2) is 43.5 Å². The van der Waals surface area contributed by atoms with Crippen LogP contribution in [0.2, 0.25) is 0 Å². The lowest BCUT2D eigenvalue weighted by Gasteiger charge is -2.18. The van der Waals surface area contributed by atoms with Gasteiger partial charge in [-0.1, -0.05) is 76.5 Å². The molecule has 0 spiro atoms. The minimum absolute atomic E-state index is 0.0100. The number of anilines is 1. The number of aliphatic hydroxyl groups is 1. The van der Waals surface area contributed by atoms with Crippen LogP contribution < -0.4 is 10.0 Å². The first kappa shape index (κ1) is 28.0. The third-order valence-electron chi connectivity index (χ3n) is 5.85. The fraction of sp³-hybridized carbons (Fsp3) is 0.600. The molecule has 9 heteroatoms. The van der Waals surface area contributed by atoms with E-state index in [1.807, 2.05) is 6.07 Å². The zero-order valence-corrected chi connectivity index (χ0v) is 20.8. The van der Waals surface area contributed by atoms with Crippen molar-refractivity contribution in [2.24, 2.45) is 0 Å². The normalized spacial score (nSPS) is 16.7. The van der Waals surface area contributed by atoms with Crippen LogP contribution in [0.3, 0.4) is 0 Å². The number of cyclic esters (lactones) is 1. The molecule has 1 aliphatic rings. The third-order valence-corrected chi connectivity index (χ3v) is 7.74. The van der Waals surface area contributed by atoms with Crippen molar-refractivity contribution < 1.29 is 27.9 Å². The van der Waals surface area contributed by atoms with Gasteiger partial charge in [0, 0.05) is 30.3 Å². The van der Waals surface area contributed by atoms with E-state index >= 15 is 0 Å². The number of para-hydroxylation sites is 1. The van der Waals surface area contributed by atoms with Crippen LogP contribution in [0.5, 0.6) is 0 Å². The van der Waals surface area contributed by atoms with Crippen LogP contribution in [0, 0.1) is 0 Å². The van der Waals surface area contributed by atoms with Crippen LogP contribution in [0.25, 0.3) is 0 Å². The predicted octanol–water partition coefficient (Wildman–Crippen LogP) is 4.03. The average molecular weight is 495 g/mol. The lowest BCUT2D eigenvalue weighted by Crippen LogP contribution is -2.37. The summed E-state index contributed by atoms with van der Waals surface area (Å²) in [5.41, 5.74) is 0.949. The van der Waals surface area contributed by atoms with E-state index in [1.165, 1.54) is 31.8 Å². The molecule has 34 heavy (non-hydrogen) atoms. The summed E-state index contributed by atoms with van der Waals surface area (Å²) in [4.78, 5) is 23.8. The molecule has 1 amide bonds. The van der Waals surface area contributed by atoms with Crippen molar-refractivity contribution in [1.82, 2.24) is 4.72 Å². The van der Waals surface area contributed by atoms with Gasteiger partial charge in [0.25, 0.3) is 0 Å². The van der Waals surface area contributed by atoms with Crippen molar-refractivity contribution in [1.29, 1.82) is 0 Å². The number of carbonyl (C=O) groups is 2. The second-order valence-electron chi connectivity index (χ2n) is 8.70. The van der Waals surface area contributed by atoms with Crippen molar-refractivity contribution in [3.05, 3.63) is 42.0 Å². The van der Waals surface area contributed by atoms with E-state index in [4.69, 9.17) is 0 Å². The van der Waals surface area contributed by atoms with Crippen LogP contribution in [-0.2, 0) is 24.3 Å². The first-order valence-corrected chi connectivity index (χ1v) is 13.8. The molecule has 0 radical (unpaired) electrons. The second kappa shape index (κ2) is 14.9. The topological polar surface area (TPSA) is 122 Å². The number of aliphatic hydroxyl groups excluding tert-OH is 1. The average Bonchev–Trinajstić information content (AvgIpc) is 3.12. The van der Waals surface area contributed by atoms with Crippen molar-refractivity contribution in [3.63, 3.8) is 0 Å². The molecule has 1 aromatic carbocycles. The van der Waals surface area contributed by atoms with Crippen LogP contribution in [0.15, 0.2) is 42.0 Å². The van der Waals surface area contributed by atoms with Gasteiger partial charge in [0.1, 0.15) is 0 Å². The van der Waals surface area contributed by atoms with Gasteiger partial charge < -0.3 is 15.2 Å². The lowest BCUT2D eigenvalue weighted by atomic mass is 10.1. The highest BCUT2D eigenvalue weighted by molar-refractivity contribution is 7.90. The summed E-state index contributed by atoms with van der Waals surface area (Å²) in [7, 11) is -3.78. The Morgan fingerprint density at radius 3 is 2.32 bits per heavy atom. The van der Waals surface area contributed by atoms with E-state index in [-0.39, 0.29) is 25.3 Å². The van der Waals surface area contributed by atoms with Gasteiger partial charge in [0.05, 0.1) is 5.25 Å². The standard InChI is InChI=1S/C25H38N2O6S/c1-2-3-4-5-6-7-8-12-15-22(19-23(28)27-21-13-10-9-11-14-21)34(31,32)26-17-16-20-18-24(29)33-25(20)30/h9-11,13-14,18,22,25-26,30H,2-8,12,15-17,19H2,1H3,(H,27,28). The molecule has 0 fully saturated rings. The van der Waals surface area contributed by atoms with Gasteiger partial charge in [-0.25, -0.2) is 17.9 Å². The maximum Gasteiger partial charge on any atom is 0.333 e. The number of ether oxygens (including phenoxy) is 1. The van der Waals surface area contributed by atoms with Gasteiger partial charge in [-0.3, -0.25) is 4.79 Å². The Bertz CT molecular complexity index is 901. The number of sulfonamides is 1. The highest BCUT2D eigenvalue weighted by Gasteiger charge is 2.29. The Balaban J connectivity index is 1.89. The summed E-state index contributed by atoms with van der Waals surface area (Å²) in [6.07, 6.45) is 8.97. The largest absolute Gasteiger partial charge is 0.429 e. The number of benzene rings is 1. The molecule has 2 rings (SSSR count). The van der Waals surface area contributed by atoms with Crippen molar-refractivity contribution >= 4 is 27.6 Å². The van der Waals surface area contributed by atoms with Crippen molar-refractivity contribution in [3.8, 4) is 0 Å². The molecular formula is C25H38N2O6S. The van der Waals surface area contributed by atoms with Gasteiger partial charge in [0.15, 0.2) is 0 Å². The first-order valence-electron chi connectivity index (χ1n) is 12.2. The molecule has 1 heterocycles. The predicted molar refractivity (Wildman–Crippen MR) is 132 cm³/mol. The molecule has 0 aromatic heterocycles. The van der Waals surface area contributed by atoms with Gasteiger partial charge in [-0.2, -0.15) is 0 Å². The van der Waals surface area contributed by atoms with Crippen molar-refractivity contribution in [2.75, 3.05) is 11.9 Å². The summed E-state index contributed by atoms with van der Waals surface area (Å²) >= 11 is 0. The minimum atomic E-state index is -3.78. The number of esters is 1. The lowest BCUT2D eigenvalue weighted by molar-refractivity contribution is -0.151. The smallest absolute Gasteiger partial charge is 0.333 e. The second-order valence-corrected chi connectivity index (χ2v) is 10.7. The molecule has 8 nitrogen and oxygen atoms in total. The van der Waals surface area contributed by atoms with E-state index in [1.54, 1.807) is 24.3 Å². The molecule has 0 aliphatic carbocycles. The van der Waals surface area contributed by atoms with E-state index in [9.17, 15) is 23.1 Å². The number of unbranched alkanes of at least 4 members (excludes halogenated alkanes) is 7. The molecular weight excluding hydrogens is 456 g/mol. The summed E-state index contributed by atoms with van der Waals surface area (Å²) in [6.45, 7) is 2.19. The van der Waals surface area contributed by atoms with Gasteiger partial charge >= 0.3 is 5.97 Å². The maximum absolute atomic E-state index is 13.0. The molecule has 1 aromatic rings. The molecule has 2 unspecified atom stereocenters. The van der Waals surface area contributed by atoms with Gasteiger partial charge in [-0.05, 0) is 25.0 Å². The number of hydrogen-bond acceptors (Lipinski definition) is 6. The highest BCUT2D eigenvalue weighted by atomic mass is 32.2. The van der Waals surface area contributed by atoms with Crippen LogP contribution in [0.1, 0.15) is 77.6 Å². The summed E-state index contributed by atoms with van der Waals surface area (Å²) in [5.74, 6) is -0.996. The summed E-state index contributed by atoms with van der Waals surface area (Å²) in [6, 6.07) is 8.94. The van der Waals surface area contributed by atoms with Crippen LogP contribution >= 0.6 is 0 Å². The van der Waals surface area contributed by atoms with Gasteiger partial charge in [0.2, 0.25) is 22.2 Å². The SMILES string of the molecule is CCCCCCCCCCC(CC(=O)Nc1ccccc1)S(=O)(=O)NCCC1=CC(=O)OC1O. The third kappa shape index (κ3) is 10.4. The highest BCUT2D eigenvalue weighted by Crippen LogP contribution is 2.19. The molecule has 0 saturated heterocycles. The summed E-state index contributed by atoms with van der Waals surface area (Å²) in [5, 5.41) is 11.5. The minimum Gasteiger partial charge on any atom is -0.429 e. The molecule has 2 atom stereocenters. The van der Waals surface area contributed by atoms with E-state index < -0.39 is 27.5 Å². The van der Waals surface area contributed by atoms with E-state index in [0.29, 0.717) is 17.7 Å². The zero-order chi connectivity index (χ0) is 24.8. The Hall–Kier alpha value is -2.23. The Morgan fingerprint density at radius 1 is 1.06 bits per heavy atom. The first-order chi connectivity index (χ1) is 16.3. The number of amides is 1. The van der Waals surface area contributed by atoms with Gasteiger partial charge in [-0.15, -0.1) is 0 Å². The number of rotatable bonds is 17. The summed E-state index contributed by atoms with van der Waals surface area (Å²) < 4.78 is 33.2. The monoisotopic (exact) mass is 494 g/mol. The Labute approximate surface area is 203 Å². The molecule has 190 valence electrons.